The van der Waals surface area contributed by atoms with E-state index < -0.39 is 152 Å². The highest BCUT2D eigenvalue weighted by molar-refractivity contribution is 7.97. The first-order valence-corrected chi connectivity index (χ1v) is 33.2. The van der Waals surface area contributed by atoms with Gasteiger partial charge in [0.15, 0.2) is 87.1 Å². The van der Waals surface area contributed by atoms with Crippen molar-refractivity contribution >= 4 is 85.3 Å². The topological polar surface area (TPSA) is 83.1 Å². The Morgan fingerprint density at radius 3 is 0.650 bits per heavy atom. The molecule has 0 aliphatic rings. The molecule has 0 atom stereocenters. The van der Waals surface area contributed by atoms with Gasteiger partial charge in [0.2, 0.25) is 14.7 Å². The first-order chi connectivity index (χ1) is 49.6. The van der Waals surface area contributed by atoms with E-state index in [0.717, 1.165) is 49.2 Å². The lowest BCUT2D eigenvalue weighted by Gasteiger charge is -2.46. The van der Waals surface area contributed by atoms with Crippen LogP contribution < -0.4 is 50.3 Å². The van der Waals surface area contributed by atoms with Gasteiger partial charge in [-0.05, 0) is 72.8 Å². The van der Waals surface area contributed by atoms with E-state index in [1.54, 1.807) is 0 Å². The minimum atomic E-state index is -6.24. The highest BCUT2D eigenvalue weighted by Crippen LogP contribution is 2.44. The zero-order valence-electron chi connectivity index (χ0n) is 52.8. The maximum atomic E-state index is 15.8. The molecule has 0 radical (unpaired) electrons. The minimum Gasteiger partial charge on any atom is -0.491 e. The molecule has 103 heavy (non-hydrogen) atoms. The summed E-state index contributed by atoms with van der Waals surface area (Å²) in [6.07, 6.45) is -6.24. The second-order valence-electron chi connectivity index (χ2n) is 21.3. The number of ether oxygens (including phenoxy) is 9. The monoisotopic (exact) mass is 1550 g/mol. The molecule has 0 aliphatic heterocycles. The molecule has 0 aromatic heterocycles. The fourth-order valence-electron chi connectivity index (χ4n) is 10.6. The number of hydrogen-bond donors (Lipinski definition) is 0. The van der Waals surface area contributed by atoms with Crippen molar-refractivity contribution in [2.24, 2.45) is 0 Å². The van der Waals surface area contributed by atoms with Crippen LogP contribution in [0.25, 0.3) is 0 Å². The predicted octanol–water partition coefficient (Wildman–Crippen LogP) is 17.1. The molecule has 10 aromatic rings. The van der Waals surface area contributed by atoms with E-state index in [1.807, 2.05) is 146 Å². The summed E-state index contributed by atoms with van der Waals surface area (Å²) in [5.41, 5.74) is -10.7. The van der Waals surface area contributed by atoms with E-state index in [1.165, 1.54) is 0 Å². The molecule has 0 aliphatic carbocycles. The fourth-order valence-corrected chi connectivity index (χ4v) is 14.2. The first-order valence-electron chi connectivity index (χ1n) is 30.4. The van der Waals surface area contributed by atoms with Crippen molar-refractivity contribution in [1.82, 2.24) is 0 Å². The lowest BCUT2D eigenvalue weighted by atomic mass is 9.12. The largest absolute Gasteiger partial charge is 0.491 e. The lowest BCUT2D eigenvalue weighted by Crippen LogP contribution is -2.79. The Labute approximate surface area is 600 Å². The van der Waals surface area contributed by atoms with Gasteiger partial charge in [-0.2, -0.15) is 0 Å². The molecule has 0 fully saturated rings. The van der Waals surface area contributed by atoms with Crippen molar-refractivity contribution in [3.05, 3.63) is 277 Å². The molecule has 0 N–H and O–H groups in total. The van der Waals surface area contributed by atoms with Gasteiger partial charge in [-0.3, -0.25) is 0 Å². The molecular weight excluding hydrogens is 1500 g/mol. The number of benzene rings is 10. The SMILES string of the molecule is Fc1c(F)c(F)c([B-](c2c(F)c(F)c(F)c(F)c2Cl)(c2c(F)c(F)c(F)c(F)c2Cl)c2c(F)c(F)c(F)c(F)c2Cl)c(Cl)c1F.c1ccc(OCCOCCOc2ccccc2[S+](c2ccccc2OCCOCCOc2ccccc2)c2ccccc2OCCOCCOc2ccccc2)cc1. The van der Waals surface area contributed by atoms with Gasteiger partial charge in [0.1, 0.15) is 97.2 Å². The maximum absolute atomic E-state index is 15.8. The van der Waals surface area contributed by atoms with Crippen molar-refractivity contribution in [3.8, 4) is 34.5 Å². The van der Waals surface area contributed by atoms with Gasteiger partial charge < -0.3 is 42.6 Å². The second kappa shape index (κ2) is 36.7. The van der Waals surface area contributed by atoms with Crippen LogP contribution in [0, 0.1) is 93.1 Å². The molecular formula is C72H51BCl4F16O9S. The van der Waals surface area contributed by atoms with E-state index in [4.69, 9.17) is 89.0 Å². The summed E-state index contributed by atoms with van der Waals surface area (Å²) in [5, 5.41) is -9.69. The summed E-state index contributed by atoms with van der Waals surface area (Å²) in [6, 6.07) is 53.5. The van der Waals surface area contributed by atoms with E-state index in [2.05, 4.69) is 18.2 Å². The number of rotatable bonds is 31. The van der Waals surface area contributed by atoms with Crippen LogP contribution in [-0.4, -0.2) is 85.4 Å². The molecule has 0 amide bonds. The zero-order valence-corrected chi connectivity index (χ0v) is 56.6. The molecule has 10 rings (SSSR count). The Morgan fingerprint density at radius 1 is 0.223 bits per heavy atom. The van der Waals surface area contributed by atoms with Crippen molar-refractivity contribution in [2.75, 3.05) is 79.3 Å². The van der Waals surface area contributed by atoms with Crippen LogP contribution in [-0.2, 0) is 25.1 Å². The van der Waals surface area contributed by atoms with Crippen LogP contribution in [0.3, 0.4) is 0 Å². The second-order valence-corrected chi connectivity index (χ2v) is 24.8. The molecule has 9 nitrogen and oxygen atoms in total. The molecule has 31 heteroatoms. The van der Waals surface area contributed by atoms with Crippen molar-refractivity contribution < 1.29 is 113 Å². The quantitative estimate of drug-likeness (QED) is 0.0105. The molecule has 0 spiro atoms. The summed E-state index contributed by atoms with van der Waals surface area (Å²) >= 11 is 22.3. The van der Waals surface area contributed by atoms with E-state index >= 15 is 17.6 Å². The van der Waals surface area contributed by atoms with Crippen LogP contribution in [0.4, 0.5) is 70.2 Å². The van der Waals surface area contributed by atoms with Crippen LogP contribution in [0.2, 0.25) is 20.1 Å². The van der Waals surface area contributed by atoms with E-state index in [-0.39, 0.29) is 0 Å². The van der Waals surface area contributed by atoms with Crippen LogP contribution >= 0.6 is 46.4 Å². The molecule has 0 bridgehead atoms. The van der Waals surface area contributed by atoms with Gasteiger partial charge in [0, 0.05) is 20.1 Å². The van der Waals surface area contributed by atoms with Gasteiger partial charge in [0.25, 0.3) is 0 Å². The molecule has 10 aromatic carbocycles. The Hall–Kier alpha value is -8.67. The molecule has 0 saturated heterocycles. The molecule has 0 heterocycles. The number of hydrogen-bond acceptors (Lipinski definition) is 9. The summed E-state index contributed by atoms with van der Waals surface area (Å²) in [5.74, 6) is -43.6. The van der Waals surface area contributed by atoms with Gasteiger partial charge in [-0.25, -0.2) is 70.2 Å². The fraction of sp³-hybridized carbons (Fsp3) is 0.167. The molecule has 542 valence electrons. The minimum absolute atomic E-state index is 0.368. The third kappa shape index (κ3) is 17.6. The van der Waals surface area contributed by atoms with Gasteiger partial charge >= 0.3 is 0 Å². The van der Waals surface area contributed by atoms with Crippen LogP contribution in [0.5, 0.6) is 34.5 Å². The number of halogens is 20. The normalized spacial score (nSPS) is 11.4. The molecule has 0 saturated carbocycles. The van der Waals surface area contributed by atoms with Crippen molar-refractivity contribution in [1.29, 1.82) is 0 Å². The third-order valence-electron chi connectivity index (χ3n) is 15.1. The smallest absolute Gasteiger partial charge is 0.208 e. The van der Waals surface area contributed by atoms with E-state index in [0.29, 0.717) is 79.3 Å². The average molecular weight is 1550 g/mol. The third-order valence-corrected chi connectivity index (χ3v) is 18.9. The molecule has 0 unspecified atom stereocenters. The Kier molecular flexibility index (Phi) is 27.9. The van der Waals surface area contributed by atoms with Gasteiger partial charge in [0.05, 0.1) is 39.6 Å². The Balaban J connectivity index is 0.000000247. The lowest BCUT2D eigenvalue weighted by molar-refractivity contribution is 0.0754. The first kappa shape index (κ1) is 78.5. The van der Waals surface area contributed by atoms with Crippen LogP contribution in [0.15, 0.2) is 178 Å². The van der Waals surface area contributed by atoms with Crippen LogP contribution in [0.1, 0.15) is 0 Å². The standard InChI is InChI=1S/C48H51O9S.C24BCl4F16/c1-4-16-40(17-5-1)52-34-28-49-31-37-55-43-22-10-13-25-46(43)58(47-26-14-11-23-44(47)56-38-32-50-29-35-53-41-18-6-2-7-19-41)48-27-15-12-24-45(48)57-39-33-51-30-36-54-42-20-8-3-9-21-42;26-5-1(9(30)17(38)21(42)13(5)34)25(2-6(27)14(35)22(43)18(39)10(2)31,3-7(28)15(36)23(44)19(40)11(3)32)4-8(29)16(37)24(45)20(41)12(4)33/h1-27H,28-39H2;/q+1;-1. The number of para-hydroxylation sites is 6. The summed E-state index contributed by atoms with van der Waals surface area (Å²) in [6.45, 7) is 5.05. The van der Waals surface area contributed by atoms with Crippen molar-refractivity contribution in [3.63, 3.8) is 0 Å². The van der Waals surface area contributed by atoms with E-state index in [9.17, 15) is 52.7 Å². The highest BCUT2D eigenvalue weighted by Gasteiger charge is 2.51. The Morgan fingerprint density at radius 2 is 0.417 bits per heavy atom. The zero-order chi connectivity index (χ0) is 74.1. The predicted molar refractivity (Wildman–Crippen MR) is 356 cm³/mol. The summed E-state index contributed by atoms with van der Waals surface area (Å²) in [7, 11) is -0.701. The van der Waals surface area contributed by atoms with Gasteiger partial charge in [-0.15, -0.1) is 21.9 Å². The summed E-state index contributed by atoms with van der Waals surface area (Å²) in [4.78, 5) is 2.97. The highest BCUT2D eigenvalue weighted by atomic mass is 35.5. The van der Waals surface area contributed by atoms with Crippen molar-refractivity contribution in [2.45, 2.75) is 14.7 Å². The Bertz CT molecular complexity index is 3960. The average Bonchev–Trinajstić information content (AvgIpc) is 0.681. The summed E-state index contributed by atoms with van der Waals surface area (Å²) < 4.78 is 292. The maximum Gasteiger partial charge on any atom is 0.208 e. The van der Waals surface area contributed by atoms with Gasteiger partial charge in [-0.1, -0.05) is 137 Å².